The Morgan fingerprint density at radius 2 is 1.95 bits per heavy atom. The van der Waals surface area contributed by atoms with Gasteiger partial charge in [0.1, 0.15) is 5.82 Å². The van der Waals surface area contributed by atoms with E-state index in [0.717, 1.165) is 15.6 Å². The number of benzene rings is 2. The van der Waals surface area contributed by atoms with Crippen molar-refractivity contribution in [2.45, 2.75) is 12.5 Å². The third-order valence-electron chi connectivity index (χ3n) is 2.83. The summed E-state index contributed by atoms with van der Waals surface area (Å²) in [6.45, 7) is 0. The Balaban J connectivity index is 2.28. The SMILES string of the molecule is NC(Cc1cc(F)ccc1Br)c1cccc(Cl)c1Cl. The molecule has 5 heteroatoms. The van der Waals surface area contributed by atoms with Crippen molar-refractivity contribution in [2.24, 2.45) is 5.73 Å². The van der Waals surface area contributed by atoms with Gasteiger partial charge in [0.15, 0.2) is 0 Å². The third kappa shape index (κ3) is 3.48. The monoisotopic (exact) mass is 361 g/mol. The fourth-order valence-corrected chi connectivity index (χ4v) is 2.71. The summed E-state index contributed by atoms with van der Waals surface area (Å²) in [4.78, 5) is 0. The molecule has 2 rings (SSSR count). The van der Waals surface area contributed by atoms with Crippen LogP contribution >= 0.6 is 39.1 Å². The molecule has 0 saturated heterocycles. The second-order valence-electron chi connectivity index (χ2n) is 4.19. The maximum absolute atomic E-state index is 13.2. The van der Waals surface area contributed by atoms with Crippen LogP contribution in [0.3, 0.4) is 0 Å². The molecule has 0 aromatic heterocycles. The molecule has 1 unspecified atom stereocenters. The van der Waals surface area contributed by atoms with Gasteiger partial charge in [-0.15, -0.1) is 0 Å². The first-order valence-corrected chi connectivity index (χ1v) is 7.17. The standard InChI is InChI=1S/C14H11BrCl2FN/c15-11-5-4-9(18)6-8(11)7-13(19)10-2-1-3-12(16)14(10)17/h1-6,13H,7,19H2. The van der Waals surface area contributed by atoms with Crippen LogP contribution in [0, 0.1) is 5.82 Å². The highest BCUT2D eigenvalue weighted by atomic mass is 79.9. The lowest BCUT2D eigenvalue weighted by Gasteiger charge is -2.15. The van der Waals surface area contributed by atoms with Gasteiger partial charge in [-0.1, -0.05) is 51.3 Å². The summed E-state index contributed by atoms with van der Waals surface area (Å²) in [6, 6.07) is 9.50. The van der Waals surface area contributed by atoms with Crippen molar-refractivity contribution in [1.29, 1.82) is 0 Å². The number of rotatable bonds is 3. The first-order valence-electron chi connectivity index (χ1n) is 5.62. The van der Waals surface area contributed by atoms with Gasteiger partial charge in [0.05, 0.1) is 10.0 Å². The van der Waals surface area contributed by atoms with E-state index < -0.39 is 0 Å². The first-order chi connectivity index (χ1) is 8.99. The minimum Gasteiger partial charge on any atom is -0.324 e. The molecule has 19 heavy (non-hydrogen) atoms. The summed E-state index contributed by atoms with van der Waals surface area (Å²) in [5.41, 5.74) is 7.68. The number of hydrogen-bond acceptors (Lipinski definition) is 1. The summed E-state index contributed by atoms with van der Waals surface area (Å²) in [6.07, 6.45) is 0.471. The van der Waals surface area contributed by atoms with Crippen molar-refractivity contribution >= 4 is 39.1 Å². The molecule has 1 nitrogen and oxygen atoms in total. The number of halogens is 4. The second-order valence-corrected chi connectivity index (χ2v) is 5.83. The summed E-state index contributed by atoms with van der Waals surface area (Å²) < 4.78 is 14.1. The lowest BCUT2D eigenvalue weighted by Crippen LogP contribution is -2.14. The second kappa shape index (κ2) is 6.23. The lowest BCUT2D eigenvalue weighted by molar-refractivity contribution is 0.621. The Morgan fingerprint density at radius 1 is 1.21 bits per heavy atom. The molecule has 0 aliphatic rings. The van der Waals surface area contributed by atoms with E-state index in [1.54, 1.807) is 18.2 Å². The average Bonchev–Trinajstić information content (AvgIpc) is 2.37. The highest BCUT2D eigenvalue weighted by molar-refractivity contribution is 9.10. The molecule has 0 aliphatic heterocycles. The van der Waals surface area contributed by atoms with Gasteiger partial charge in [-0.3, -0.25) is 0 Å². The van der Waals surface area contributed by atoms with Crippen LogP contribution in [0.5, 0.6) is 0 Å². The van der Waals surface area contributed by atoms with E-state index in [2.05, 4.69) is 15.9 Å². The maximum Gasteiger partial charge on any atom is 0.123 e. The summed E-state index contributed by atoms with van der Waals surface area (Å²) in [5, 5.41) is 0.914. The Kier molecular flexibility index (Phi) is 4.85. The van der Waals surface area contributed by atoms with Gasteiger partial charge in [-0.25, -0.2) is 4.39 Å². The largest absolute Gasteiger partial charge is 0.324 e. The predicted molar refractivity (Wildman–Crippen MR) is 81.2 cm³/mol. The summed E-state index contributed by atoms with van der Waals surface area (Å²) in [7, 11) is 0. The first kappa shape index (κ1) is 14.8. The van der Waals surface area contributed by atoms with Gasteiger partial charge in [0, 0.05) is 10.5 Å². The Hall–Kier alpha value is -0.610. The zero-order valence-electron chi connectivity index (χ0n) is 9.84. The third-order valence-corrected chi connectivity index (χ3v) is 4.44. The van der Waals surface area contributed by atoms with Gasteiger partial charge in [0.2, 0.25) is 0 Å². The molecule has 2 N–H and O–H groups in total. The summed E-state index contributed by atoms with van der Waals surface area (Å²) >= 11 is 15.5. The van der Waals surface area contributed by atoms with Crippen LogP contribution < -0.4 is 5.73 Å². The fraction of sp³-hybridized carbons (Fsp3) is 0.143. The predicted octanol–water partition coefficient (Wildman–Crippen LogP) is 5.14. The van der Waals surface area contributed by atoms with E-state index in [1.165, 1.54) is 12.1 Å². The molecule has 0 heterocycles. The molecule has 0 radical (unpaired) electrons. The molecular formula is C14H11BrCl2FN. The molecule has 0 aliphatic carbocycles. The molecule has 0 bridgehead atoms. The van der Waals surface area contributed by atoms with Crippen molar-refractivity contribution in [3.8, 4) is 0 Å². The number of nitrogens with two attached hydrogens (primary N) is 1. The van der Waals surface area contributed by atoms with Gasteiger partial charge in [-0.05, 0) is 41.8 Å². The van der Waals surface area contributed by atoms with Gasteiger partial charge in [0.25, 0.3) is 0 Å². The molecule has 0 spiro atoms. The van der Waals surface area contributed by atoms with Gasteiger partial charge in [-0.2, -0.15) is 0 Å². The van der Waals surface area contributed by atoms with Crippen LogP contribution in [0.1, 0.15) is 17.2 Å². The van der Waals surface area contributed by atoms with Crippen molar-refractivity contribution in [3.05, 3.63) is 67.9 Å². The highest BCUT2D eigenvalue weighted by Gasteiger charge is 2.14. The zero-order valence-corrected chi connectivity index (χ0v) is 12.9. The van der Waals surface area contributed by atoms with E-state index in [1.807, 2.05) is 6.07 Å². The normalized spacial score (nSPS) is 12.5. The Bertz CT molecular complexity index is 604. The Labute approximate surface area is 129 Å². The molecule has 1 atom stereocenters. The van der Waals surface area contributed by atoms with Gasteiger partial charge < -0.3 is 5.73 Å². The maximum atomic E-state index is 13.2. The number of hydrogen-bond donors (Lipinski definition) is 1. The van der Waals surface area contributed by atoms with Gasteiger partial charge >= 0.3 is 0 Å². The topological polar surface area (TPSA) is 26.0 Å². The van der Waals surface area contributed by atoms with E-state index in [0.29, 0.717) is 16.5 Å². The molecular weight excluding hydrogens is 352 g/mol. The minimum absolute atomic E-state index is 0.289. The average molecular weight is 363 g/mol. The zero-order chi connectivity index (χ0) is 14.0. The Morgan fingerprint density at radius 3 is 2.68 bits per heavy atom. The van der Waals surface area contributed by atoms with Crippen LogP contribution in [0.15, 0.2) is 40.9 Å². The molecule has 0 amide bonds. The quantitative estimate of drug-likeness (QED) is 0.803. The molecule has 100 valence electrons. The molecule has 2 aromatic rings. The highest BCUT2D eigenvalue weighted by Crippen LogP contribution is 2.31. The van der Waals surface area contributed by atoms with Crippen molar-refractivity contribution in [2.75, 3.05) is 0 Å². The van der Waals surface area contributed by atoms with Crippen molar-refractivity contribution in [1.82, 2.24) is 0 Å². The lowest BCUT2D eigenvalue weighted by atomic mass is 9.99. The van der Waals surface area contributed by atoms with Crippen LogP contribution in [-0.2, 0) is 6.42 Å². The smallest absolute Gasteiger partial charge is 0.123 e. The van der Waals surface area contributed by atoms with Crippen molar-refractivity contribution < 1.29 is 4.39 Å². The van der Waals surface area contributed by atoms with E-state index in [4.69, 9.17) is 28.9 Å². The van der Waals surface area contributed by atoms with Crippen LogP contribution in [0.2, 0.25) is 10.0 Å². The van der Waals surface area contributed by atoms with Crippen LogP contribution in [-0.4, -0.2) is 0 Å². The minimum atomic E-state index is -0.343. The molecule has 0 saturated carbocycles. The molecule has 0 fully saturated rings. The van der Waals surface area contributed by atoms with Crippen molar-refractivity contribution in [3.63, 3.8) is 0 Å². The molecule has 2 aromatic carbocycles. The summed E-state index contributed by atoms with van der Waals surface area (Å²) in [5.74, 6) is -0.289. The van der Waals surface area contributed by atoms with E-state index >= 15 is 0 Å². The van der Waals surface area contributed by atoms with Crippen LogP contribution in [0.4, 0.5) is 4.39 Å². The van der Waals surface area contributed by atoms with Crippen LogP contribution in [0.25, 0.3) is 0 Å². The fourth-order valence-electron chi connectivity index (χ4n) is 1.85. The van der Waals surface area contributed by atoms with E-state index in [9.17, 15) is 4.39 Å². The van der Waals surface area contributed by atoms with E-state index in [-0.39, 0.29) is 11.9 Å².